The number of carbonyl (C=O) groups is 3. The van der Waals surface area contributed by atoms with Gasteiger partial charge in [-0.05, 0) is 42.7 Å². The average molecular weight is 603 g/mol. The summed E-state index contributed by atoms with van der Waals surface area (Å²) in [6.45, 7) is 9.11. The van der Waals surface area contributed by atoms with Gasteiger partial charge >= 0.3 is 0 Å². The second-order valence-corrected chi connectivity index (χ2v) is 11.9. The summed E-state index contributed by atoms with van der Waals surface area (Å²) >= 11 is 13.5. The third-order valence-corrected chi connectivity index (χ3v) is 7.94. The van der Waals surface area contributed by atoms with E-state index in [4.69, 9.17) is 23.2 Å². The summed E-state index contributed by atoms with van der Waals surface area (Å²) in [5.74, 6) is -0.572. The summed E-state index contributed by atoms with van der Waals surface area (Å²) < 4.78 is 0. The molecule has 1 aliphatic heterocycles. The molecule has 1 aromatic heterocycles. The fraction of sp³-hybridized carbons (Fsp3) is 0.379. The van der Waals surface area contributed by atoms with Crippen molar-refractivity contribution in [3.8, 4) is 0 Å². The number of aromatic nitrogens is 1. The molecule has 0 spiro atoms. The van der Waals surface area contributed by atoms with E-state index in [9.17, 15) is 14.4 Å². The van der Waals surface area contributed by atoms with E-state index in [0.717, 1.165) is 13.1 Å². The lowest BCUT2D eigenvalue weighted by molar-refractivity contribution is -0.130. The van der Waals surface area contributed by atoms with Gasteiger partial charge in [0.25, 0.3) is 5.91 Å². The zero-order chi connectivity index (χ0) is 28.8. The first-order valence-electron chi connectivity index (χ1n) is 13.2. The van der Waals surface area contributed by atoms with Crippen molar-refractivity contribution in [2.45, 2.75) is 27.2 Å². The van der Waals surface area contributed by atoms with E-state index >= 15 is 0 Å². The lowest BCUT2D eigenvalue weighted by Gasteiger charge is -2.36. The van der Waals surface area contributed by atoms with Crippen molar-refractivity contribution in [3.63, 3.8) is 0 Å². The van der Waals surface area contributed by atoms with Crippen LogP contribution in [-0.2, 0) is 16.0 Å². The van der Waals surface area contributed by atoms with Gasteiger partial charge in [0.2, 0.25) is 11.8 Å². The number of hydrogen-bond acceptors (Lipinski definition) is 6. The Bertz CT molecular complexity index is 1370. The monoisotopic (exact) mass is 601 g/mol. The van der Waals surface area contributed by atoms with E-state index in [-0.39, 0.29) is 47.2 Å². The lowest BCUT2D eigenvalue weighted by Crippen LogP contribution is -2.49. The summed E-state index contributed by atoms with van der Waals surface area (Å²) in [4.78, 5) is 49.0. The van der Waals surface area contributed by atoms with E-state index in [2.05, 4.69) is 34.3 Å². The van der Waals surface area contributed by atoms with Crippen molar-refractivity contribution in [1.82, 2.24) is 14.8 Å². The van der Waals surface area contributed by atoms with Crippen LogP contribution in [0.15, 0.2) is 47.8 Å². The van der Waals surface area contributed by atoms with E-state index in [1.165, 1.54) is 33.6 Å². The first-order valence-corrected chi connectivity index (χ1v) is 14.8. The maximum absolute atomic E-state index is 13.2. The number of piperazine rings is 1. The number of halogens is 2. The van der Waals surface area contributed by atoms with Crippen LogP contribution >= 0.6 is 34.5 Å². The number of aryl methyl sites for hydroxylation is 1. The highest BCUT2D eigenvalue weighted by Crippen LogP contribution is 2.24. The maximum atomic E-state index is 13.2. The zero-order valence-electron chi connectivity index (χ0n) is 22.8. The van der Waals surface area contributed by atoms with Crippen molar-refractivity contribution >= 4 is 63.1 Å². The van der Waals surface area contributed by atoms with Crippen molar-refractivity contribution < 1.29 is 14.4 Å². The molecule has 4 rings (SSSR count). The molecule has 0 atom stereocenters. The second-order valence-electron chi connectivity index (χ2n) is 10.2. The topological polar surface area (TPSA) is 85.9 Å². The van der Waals surface area contributed by atoms with Gasteiger partial charge in [0.1, 0.15) is 6.54 Å². The van der Waals surface area contributed by atoms with Crippen LogP contribution in [0.5, 0.6) is 0 Å². The van der Waals surface area contributed by atoms with Crippen LogP contribution in [0.3, 0.4) is 0 Å². The smallest absolute Gasteiger partial charge is 0.255 e. The molecule has 0 aliphatic carbocycles. The SMILES string of the molecule is Cc1ccccc1N1CCN(C(=O)Cc2csc(NC(=O)CN(CC(C)C)C(=O)c3ccc(Cl)cc3Cl)n2)CC1. The Balaban J connectivity index is 1.31. The van der Waals surface area contributed by atoms with Crippen molar-refractivity contribution in [2.24, 2.45) is 5.92 Å². The highest BCUT2D eigenvalue weighted by molar-refractivity contribution is 7.13. The van der Waals surface area contributed by atoms with Crippen molar-refractivity contribution in [1.29, 1.82) is 0 Å². The van der Waals surface area contributed by atoms with Crippen LogP contribution in [0.2, 0.25) is 10.0 Å². The number of hydrogen-bond donors (Lipinski definition) is 1. The third-order valence-electron chi connectivity index (χ3n) is 6.59. The lowest BCUT2D eigenvalue weighted by atomic mass is 10.1. The molecule has 1 fully saturated rings. The van der Waals surface area contributed by atoms with Gasteiger partial charge in [-0.3, -0.25) is 14.4 Å². The van der Waals surface area contributed by atoms with Crippen molar-refractivity contribution in [2.75, 3.05) is 49.5 Å². The van der Waals surface area contributed by atoms with E-state index < -0.39 is 0 Å². The molecule has 8 nitrogen and oxygen atoms in total. The summed E-state index contributed by atoms with van der Waals surface area (Å²) in [6, 6.07) is 12.9. The molecular weight excluding hydrogens is 569 g/mol. The zero-order valence-corrected chi connectivity index (χ0v) is 25.2. The summed E-state index contributed by atoms with van der Waals surface area (Å²) in [7, 11) is 0. The molecule has 0 radical (unpaired) electrons. The number of para-hydroxylation sites is 1. The Morgan fingerprint density at radius 3 is 2.48 bits per heavy atom. The standard InChI is InChI=1S/C29H33Cl2N5O3S/c1-19(2)16-36(28(39)23-9-8-21(30)14-24(23)31)17-26(37)33-29-32-22(18-40-29)15-27(38)35-12-10-34(11-13-35)25-7-5-4-6-20(25)3/h4-9,14,18-19H,10-13,15-17H2,1-3H3,(H,32,33,37). The van der Waals surface area contributed by atoms with E-state index in [1.807, 2.05) is 30.9 Å². The maximum Gasteiger partial charge on any atom is 0.255 e. The van der Waals surface area contributed by atoms with E-state index in [0.29, 0.717) is 35.5 Å². The Labute approximate surface area is 248 Å². The minimum absolute atomic E-state index is 0.0150. The van der Waals surface area contributed by atoms with Gasteiger partial charge < -0.3 is 20.0 Å². The molecule has 2 heterocycles. The van der Waals surface area contributed by atoms with Crippen LogP contribution in [0.4, 0.5) is 10.8 Å². The molecular formula is C29H33Cl2N5O3S. The molecule has 0 unspecified atom stereocenters. The number of benzene rings is 2. The van der Waals surface area contributed by atoms with Crippen LogP contribution in [0.25, 0.3) is 0 Å². The molecule has 40 heavy (non-hydrogen) atoms. The molecule has 3 aromatic rings. The van der Waals surface area contributed by atoms with Gasteiger partial charge in [0.15, 0.2) is 5.13 Å². The number of amides is 3. The van der Waals surface area contributed by atoms with Crippen LogP contribution in [-0.4, -0.2) is 71.8 Å². The van der Waals surface area contributed by atoms with Crippen LogP contribution < -0.4 is 10.2 Å². The van der Waals surface area contributed by atoms with Crippen molar-refractivity contribution in [3.05, 3.63) is 74.7 Å². The predicted octanol–water partition coefficient (Wildman–Crippen LogP) is 5.39. The number of carbonyl (C=O) groups excluding carboxylic acids is 3. The largest absolute Gasteiger partial charge is 0.368 e. The second kappa shape index (κ2) is 13.5. The molecule has 0 bridgehead atoms. The number of anilines is 2. The Morgan fingerprint density at radius 2 is 1.80 bits per heavy atom. The highest BCUT2D eigenvalue weighted by Gasteiger charge is 2.24. The van der Waals surface area contributed by atoms with Crippen LogP contribution in [0, 0.1) is 12.8 Å². The normalized spacial score (nSPS) is 13.4. The quantitative estimate of drug-likeness (QED) is 0.355. The summed E-state index contributed by atoms with van der Waals surface area (Å²) in [6.07, 6.45) is 0.170. The number of nitrogens with one attached hydrogen (secondary N) is 1. The fourth-order valence-corrected chi connectivity index (χ4v) is 5.87. The first-order chi connectivity index (χ1) is 19.1. The molecule has 212 valence electrons. The third kappa shape index (κ3) is 7.74. The van der Waals surface area contributed by atoms with Gasteiger partial charge in [0, 0.05) is 48.8 Å². The fourth-order valence-electron chi connectivity index (χ4n) is 4.65. The van der Waals surface area contributed by atoms with Gasteiger partial charge in [-0.1, -0.05) is 55.2 Å². The Morgan fingerprint density at radius 1 is 1.07 bits per heavy atom. The molecule has 3 amide bonds. The van der Waals surface area contributed by atoms with Gasteiger partial charge in [-0.25, -0.2) is 4.98 Å². The molecule has 0 saturated carbocycles. The van der Waals surface area contributed by atoms with Gasteiger partial charge in [0.05, 0.1) is 22.7 Å². The van der Waals surface area contributed by atoms with Crippen LogP contribution in [0.1, 0.15) is 35.5 Å². The Hall–Kier alpha value is -3.14. The minimum atomic E-state index is -0.376. The van der Waals surface area contributed by atoms with Gasteiger partial charge in [-0.15, -0.1) is 11.3 Å². The minimum Gasteiger partial charge on any atom is -0.368 e. The van der Waals surface area contributed by atoms with E-state index in [1.54, 1.807) is 17.5 Å². The summed E-state index contributed by atoms with van der Waals surface area (Å²) in [5.41, 5.74) is 3.33. The molecule has 1 aliphatic rings. The molecule has 11 heteroatoms. The predicted molar refractivity (Wildman–Crippen MR) is 162 cm³/mol. The molecule has 1 saturated heterocycles. The summed E-state index contributed by atoms with van der Waals surface area (Å²) in [5, 5.41) is 5.60. The average Bonchev–Trinajstić information content (AvgIpc) is 3.34. The Kier molecular flexibility index (Phi) is 10.1. The molecule has 2 aromatic carbocycles. The highest BCUT2D eigenvalue weighted by atomic mass is 35.5. The number of rotatable bonds is 9. The molecule has 1 N–H and O–H groups in total. The van der Waals surface area contributed by atoms with Gasteiger partial charge in [-0.2, -0.15) is 0 Å². The first kappa shape index (κ1) is 29.8. The number of nitrogens with zero attached hydrogens (tertiary/aromatic N) is 4. The number of thiazole rings is 1.